The van der Waals surface area contributed by atoms with E-state index in [-0.39, 0.29) is 11.8 Å². The normalized spacial score (nSPS) is 26.9. The molecule has 4 aromatic rings. The van der Waals surface area contributed by atoms with Crippen LogP contribution in [0.25, 0.3) is 10.9 Å². The Morgan fingerprint density at radius 2 is 1.54 bits per heavy atom. The molecule has 3 heterocycles. The predicted molar refractivity (Wildman–Crippen MR) is 180 cm³/mol. The molecular formula is C34H38BN5O8. The average molecular weight is 656 g/mol. The highest BCUT2D eigenvalue weighted by Crippen LogP contribution is 2.34. The molecule has 1 aliphatic carbocycles. The van der Waals surface area contributed by atoms with Gasteiger partial charge in [-0.15, -0.1) is 0 Å². The van der Waals surface area contributed by atoms with Crippen molar-refractivity contribution >= 4 is 46.5 Å². The Hall–Kier alpha value is -4.12. The van der Waals surface area contributed by atoms with Crippen molar-refractivity contribution in [3.63, 3.8) is 0 Å². The van der Waals surface area contributed by atoms with Gasteiger partial charge >= 0.3 is 7.12 Å². The van der Waals surface area contributed by atoms with E-state index in [0.717, 1.165) is 31.7 Å². The average Bonchev–Trinajstić information content (AvgIpc) is 3.68. The van der Waals surface area contributed by atoms with Gasteiger partial charge in [-0.1, -0.05) is 42.5 Å². The molecule has 0 unspecified atom stereocenters. The number of nitrogens with zero attached hydrogens (tertiary/aromatic N) is 3. The summed E-state index contributed by atoms with van der Waals surface area (Å²) in [5.41, 5.74) is 4.15. The molecule has 48 heavy (non-hydrogen) atoms. The van der Waals surface area contributed by atoms with E-state index >= 15 is 0 Å². The summed E-state index contributed by atoms with van der Waals surface area (Å²) in [6, 6.07) is 22.0. The summed E-state index contributed by atoms with van der Waals surface area (Å²) in [5, 5.41) is 55.9. The van der Waals surface area contributed by atoms with Crippen molar-refractivity contribution < 1.29 is 39.6 Å². The Bertz CT molecular complexity index is 1770. The van der Waals surface area contributed by atoms with Gasteiger partial charge in [0.25, 0.3) is 0 Å². The zero-order valence-corrected chi connectivity index (χ0v) is 26.3. The number of aliphatic hydroxyl groups is 4. The Morgan fingerprint density at radius 3 is 2.19 bits per heavy atom. The van der Waals surface area contributed by atoms with Crippen LogP contribution in [0.3, 0.4) is 0 Å². The summed E-state index contributed by atoms with van der Waals surface area (Å²) in [6.07, 6.45) is -8.13. The number of fused-ring (bicyclic) bond motifs is 2. The maximum atomic E-state index is 12.7. The van der Waals surface area contributed by atoms with E-state index in [9.17, 15) is 30.3 Å². The van der Waals surface area contributed by atoms with Gasteiger partial charge in [-0.2, -0.15) is 0 Å². The van der Waals surface area contributed by atoms with Gasteiger partial charge in [0.2, 0.25) is 5.91 Å². The van der Waals surface area contributed by atoms with Crippen molar-refractivity contribution in [2.24, 2.45) is 4.99 Å². The van der Waals surface area contributed by atoms with E-state index in [1.807, 2.05) is 42.5 Å². The third-order valence-electron chi connectivity index (χ3n) is 9.32. The predicted octanol–water partition coefficient (Wildman–Crippen LogP) is 0.165. The molecule has 0 spiro atoms. The van der Waals surface area contributed by atoms with Gasteiger partial charge in [0.15, 0.2) is 5.88 Å². The van der Waals surface area contributed by atoms with E-state index in [1.54, 1.807) is 30.3 Å². The van der Waals surface area contributed by atoms with E-state index in [1.165, 1.54) is 0 Å². The second-order valence-corrected chi connectivity index (χ2v) is 12.7. The number of likely N-dealkylation sites (N-methyl/N-ethyl adjacent to an activating group) is 1. The van der Waals surface area contributed by atoms with Gasteiger partial charge in [-0.25, -0.2) is 4.99 Å². The van der Waals surface area contributed by atoms with Crippen LogP contribution < -0.4 is 10.8 Å². The molecule has 6 atom stereocenters. The number of aromatic nitrogens is 1. The van der Waals surface area contributed by atoms with Crippen LogP contribution in [0.1, 0.15) is 11.1 Å². The first-order chi connectivity index (χ1) is 23.2. The number of amides is 1. The molecule has 2 saturated heterocycles. The topological polar surface area (TPSA) is 183 Å². The lowest BCUT2D eigenvalue weighted by molar-refractivity contribution is -0.192. The molecular weight excluding hydrogens is 617 g/mol. The van der Waals surface area contributed by atoms with Crippen molar-refractivity contribution in [2.45, 2.75) is 36.6 Å². The highest BCUT2D eigenvalue weighted by atomic mass is 16.7. The second-order valence-electron chi connectivity index (χ2n) is 12.7. The van der Waals surface area contributed by atoms with E-state index in [0.29, 0.717) is 45.6 Å². The van der Waals surface area contributed by atoms with Crippen molar-refractivity contribution in [3.05, 3.63) is 83.9 Å². The van der Waals surface area contributed by atoms with Crippen LogP contribution in [0.15, 0.2) is 77.8 Å². The Morgan fingerprint density at radius 1 is 0.896 bits per heavy atom. The number of hydrogen-bond acceptors (Lipinski definition) is 11. The number of rotatable bonds is 7. The summed E-state index contributed by atoms with van der Waals surface area (Å²) in [6.45, 7) is 3.93. The van der Waals surface area contributed by atoms with Gasteiger partial charge < -0.3 is 50.0 Å². The number of piperazine rings is 1. The number of aliphatic imine (C=N–C) groups is 1. The van der Waals surface area contributed by atoms with Crippen LogP contribution in [-0.2, 0) is 14.1 Å². The Labute approximate surface area is 277 Å². The smallest absolute Gasteiger partial charge is 0.494 e. The molecule has 1 amide bonds. The number of nitrogens with one attached hydrogen (secondary N) is 2. The lowest BCUT2D eigenvalue weighted by atomic mass is 9.79. The number of hydrogen-bond donors (Lipinski definition) is 7. The molecule has 0 bridgehead atoms. The van der Waals surface area contributed by atoms with Crippen LogP contribution in [-0.4, -0.2) is 135 Å². The maximum Gasteiger partial charge on any atom is 0.494 e. The molecule has 1 aromatic heterocycles. The lowest BCUT2D eigenvalue weighted by Crippen LogP contribution is -2.62. The summed E-state index contributed by atoms with van der Waals surface area (Å²) in [4.78, 5) is 25.0. The summed E-state index contributed by atoms with van der Waals surface area (Å²) in [7, 11) is 1.08. The summed E-state index contributed by atoms with van der Waals surface area (Å²) < 4.78 is 11.8. The third kappa shape index (κ3) is 6.36. The van der Waals surface area contributed by atoms with E-state index < -0.39 is 43.7 Å². The van der Waals surface area contributed by atoms with Gasteiger partial charge in [0.1, 0.15) is 24.4 Å². The van der Waals surface area contributed by atoms with Gasteiger partial charge in [-0.3, -0.25) is 9.69 Å². The standard InChI is InChI=1S/C34H38BN5O8/c1-39-13-15-40(16-14-39)18-25(41)36-21-8-10-22(11-9-21)37-27(19-5-3-2-4-6-19)26-23-12-7-20(17-24(23)38-34(26)46)35-47-32-30(44)28(42)29(43)31(45)33(32)48-35/h2-12,17,28-33,38,42-46H,13-16,18H2,1H3,(H,36,41)/t28-,29+,30-,31-,32+,33+/m1/s1. The fourth-order valence-corrected chi connectivity index (χ4v) is 6.58. The first-order valence-corrected chi connectivity index (χ1v) is 16.0. The minimum absolute atomic E-state index is 0.0708. The van der Waals surface area contributed by atoms with Crippen molar-refractivity contribution in [1.82, 2.24) is 14.8 Å². The maximum absolute atomic E-state index is 12.7. The number of aromatic amines is 1. The summed E-state index contributed by atoms with van der Waals surface area (Å²) in [5.74, 6) is -0.171. The number of aromatic hydroxyl groups is 1. The third-order valence-corrected chi connectivity index (χ3v) is 9.32. The van der Waals surface area contributed by atoms with E-state index in [4.69, 9.17) is 14.3 Å². The minimum Gasteiger partial charge on any atom is -0.494 e. The highest BCUT2D eigenvalue weighted by molar-refractivity contribution is 6.62. The Kier molecular flexibility index (Phi) is 9.07. The van der Waals surface area contributed by atoms with Crippen LogP contribution in [0.4, 0.5) is 11.4 Å². The van der Waals surface area contributed by atoms with Gasteiger partial charge in [-0.05, 0) is 42.8 Å². The lowest BCUT2D eigenvalue weighted by Gasteiger charge is -2.39. The quantitative estimate of drug-likeness (QED) is 0.107. The zero-order valence-electron chi connectivity index (χ0n) is 26.3. The van der Waals surface area contributed by atoms with Gasteiger partial charge in [0.05, 0.1) is 35.7 Å². The number of anilines is 1. The zero-order chi connectivity index (χ0) is 33.5. The largest absolute Gasteiger partial charge is 0.494 e. The molecule has 2 aliphatic heterocycles. The molecule has 250 valence electrons. The molecule has 13 nitrogen and oxygen atoms in total. The molecule has 7 N–H and O–H groups in total. The monoisotopic (exact) mass is 655 g/mol. The van der Waals surface area contributed by atoms with Crippen molar-refractivity contribution in [3.8, 4) is 5.88 Å². The molecule has 3 aliphatic rings. The number of benzene rings is 3. The first kappa shape index (κ1) is 32.4. The first-order valence-electron chi connectivity index (χ1n) is 16.0. The second kappa shape index (κ2) is 13.4. The molecule has 1 saturated carbocycles. The minimum atomic E-state index is -1.58. The number of carbonyl (C=O) groups excluding carboxylic acids is 1. The number of carbonyl (C=O) groups is 1. The molecule has 7 rings (SSSR count). The van der Waals surface area contributed by atoms with E-state index in [2.05, 4.69) is 27.1 Å². The Balaban J connectivity index is 1.14. The fourth-order valence-electron chi connectivity index (χ4n) is 6.58. The number of H-pyrrole nitrogens is 1. The van der Waals surface area contributed by atoms with Crippen LogP contribution >= 0.6 is 0 Å². The SMILES string of the molecule is CN1CCN(CC(=O)Nc2ccc(N=C(c3ccccc3)c3c(O)[nH]c4cc(B5O[C@H]6[C@H](O)[C@H](O)[C@H](O)[C@@H](O)[C@@H]6O5)ccc34)cc2)CC1. The van der Waals surface area contributed by atoms with Crippen molar-refractivity contribution in [1.29, 1.82) is 0 Å². The van der Waals surface area contributed by atoms with Gasteiger partial charge in [0, 0.05) is 48.3 Å². The van der Waals surface area contributed by atoms with Crippen molar-refractivity contribution in [2.75, 3.05) is 45.1 Å². The summed E-state index contributed by atoms with van der Waals surface area (Å²) >= 11 is 0. The molecule has 14 heteroatoms. The van der Waals surface area contributed by atoms with Crippen LogP contribution in [0.2, 0.25) is 0 Å². The van der Waals surface area contributed by atoms with Crippen LogP contribution in [0.5, 0.6) is 5.88 Å². The van der Waals surface area contributed by atoms with Crippen LogP contribution in [0, 0.1) is 0 Å². The molecule has 3 aromatic carbocycles. The molecule has 3 fully saturated rings. The fraction of sp³-hybridized carbons (Fsp3) is 0.353. The highest BCUT2D eigenvalue weighted by Gasteiger charge is 2.56. The number of aliphatic hydroxyl groups excluding tert-OH is 4. The molecule has 0 radical (unpaired) electrons.